The maximum atomic E-state index is 14.4. The van der Waals surface area contributed by atoms with Crippen molar-refractivity contribution in [2.45, 2.75) is 6.92 Å². The maximum absolute atomic E-state index is 14.4. The minimum atomic E-state index is -1.28. The van der Waals surface area contributed by atoms with Gasteiger partial charge in [0, 0.05) is 10.9 Å². The highest BCUT2D eigenvalue weighted by Gasteiger charge is 2.21. The Hall–Kier alpha value is -4.13. The fourth-order valence-corrected chi connectivity index (χ4v) is 3.43. The molecule has 3 aromatic carbocycles. The molecule has 0 atom stereocenters. The van der Waals surface area contributed by atoms with E-state index in [9.17, 15) is 18.4 Å². The number of hydrogen-bond acceptors (Lipinski definition) is 3. The first-order chi connectivity index (χ1) is 14.8. The number of pyridine rings is 1. The number of aromatic carboxylic acids is 1. The van der Waals surface area contributed by atoms with Crippen molar-refractivity contribution < 1.29 is 23.5 Å². The highest BCUT2D eigenvalue weighted by molar-refractivity contribution is 6.14. The van der Waals surface area contributed by atoms with Gasteiger partial charge in [-0.15, -0.1) is 0 Å². The third kappa shape index (κ3) is 3.85. The summed E-state index contributed by atoms with van der Waals surface area (Å²) >= 11 is 0. The van der Waals surface area contributed by atoms with E-state index in [4.69, 9.17) is 5.11 Å². The summed E-state index contributed by atoms with van der Waals surface area (Å²) in [6.07, 6.45) is 0. The molecule has 0 aliphatic heterocycles. The standard InChI is InChI=1S/C24H16F2N2O3/c1-13-21(23(29)28-20-9-7-15(24(30)31)11-18(20)26)17-12-16(25)8-10-19(17)27-22(13)14-5-3-2-4-6-14/h2-12H,1H3,(H,28,29)(H,30,31). The Morgan fingerprint density at radius 3 is 2.39 bits per heavy atom. The average Bonchev–Trinajstić information content (AvgIpc) is 2.75. The molecule has 0 unspecified atom stereocenters. The summed E-state index contributed by atoms with van der Waals surface area (Å²) in [5.74, 6) is -3.36. The van der Waals surface area contributed by atoms with Gasteiger partial charge in [0.05, 0.1) is 28.0 Å². The lowest BCUT2D eigenvalue weighted by Gasteiger charge is -2.15. The number of hydrogen-bond donors (Lipinski definition) is 2. The second kappa shape index (κ2) is 7.95. The molecule has 31 heavy (non-hydrogen) atoms. The molecule has 7 heteroatoms. The molecular weight excluding hydrogens is 402 g/mol. The molecule has 2 N–H and O–H groups in total. The highest BCUT2D eigenvalue weighted by Crippen LogP contribution is 2.31. The van der Waals surface area contributed by atoms with E-state index in [0.29, 0.717) is 16.8 Å². The van der Waals surface area contributed by atoms with Crippen molar-refractivity contribution in [3.63, 3.8) is 0 Å². The van der Waals surface area contributed by atoms with Crippen molar-refractivity contribution in [1.82, 2.24) is 4.98 Å². The van der Waals surface area contributed by atoms with Crippen LogP contribution in [0.3, 0.4) is 0 Å². The molecular formula is C24H16F2N2O3. The van der Waals surface area contributed by atoms with E-state index in [-0.39, 0.29) is 22.2 Å². The molecule has 1 heterocycles. The number of carbonyl (C=O) groups is 2. The summed E-state index contributed by atoms with van der Waals surface area (Å²) in [6.45, 7) is 1.69. The van der Waals surface area contributed by atoms with Crippen LogP contribution in [0.15, 0.2) is 66.7 Å². The number of aromatic nitrogens is 1. The number of fused-ring (bicyclic) bond motifs is 1. The number of nitrogens with zero attached hydrogens (tertiary/aromatic N) is 1. The predicted molar refractivity (Wildman–Crippen MR) is 113 cm³/mol. The van der Waals surface area contributed by atoms with Gasteiger partial charge in [-0.3, -0.25) is 4.79 Å². The zero-order chi connectivity index (χ0) is 22.1. The van der Waals surface area contributed by atoms with Crippen molar-refractivity contribution in [1.29, 1.82) is 0 Å². The van der Waals surface area contributed by atoms with Crippen LogP contribution in [-0.4, -0.2) is 22.0 Å². The lowest BCUT2D eigenvalue weighted by atomic mass is 9.97. The van der Waals surface area contributed by atoms with Gasteiger partial charge in [0.1, 0.15) is 11.6 Å². The first kappa shape index (κ1) is 20.2. The maximum Gasteiger partial charge on any atom is 0.335 e. The minimum Gasteiger partial charge on any atom is -0.478 e. The van der Waals surface area contributed by atoms with Gasteiger partial charge >= 0.3 is 5.97 Å². The molecule has 0 fully saturated rings. The van der Waals surface area contributed by atoms with Crippen LogP contribution in [0.4, 0.5) is 14.5 Å². The van der Waals surface area contributed by atoms with Crippen LogP contribution in [0.5, 0.6) is 0 Å². The molecule has 154 valence electrons. The van der Waals surface area contributed by atoms with Gasteiger partial charge in [0.2, 0.25) is 0 Å². The summed E-state index contributed by atoms with van der Waals surface area (Å²) in [5, 5.41) is 11.7. The lowest BCUT2D eigenvalue weighted by Crippen LogP contribution is -2.16. The van der Waals surface area contributed by atoms with Gasteiger partial charge in [-0.25, -0.2) is 18.6 Å². The molecule has 5 nitrogen and oxygen atoms in total. The molecule has 0 aliphatic rings. The van der Waals surface area contributed by atoms with Crippen molar-refractivity contribution in [3.05, 3.63) is 95.1 Å². The first-order valence-electron chi connectivity index (χ1n) is 9.34. The van der Waals surface area contributed by atoms with Crippen molar-refractivity contribution in [2.24, 2.45) is 0 Å². The Bertz CT molecular complexity index is 1340. The van der Waals surface area contributed by atoms with Gasteiger partial charge in [-0.2, -0.15) is 0 Å². The van der Waals surface area contributed by atoms with E-state index in [1.807, 2.05) is 30.3 Å². The number of amides is 1. The average molecular weight is 418 g/mol. The zero-order valence-electron chi connectivity index (χ0n) is 16.3. The van der Waals surface area contributed by atoms with Crippen LogP contribution >= 0.6 is 0 Å². The molecule has 4 aromatic rings. The summed E-state index contributed by atoms with van der Waals surface area (Å²) < 4.78 is 28.3. The number of benzene rings is 3. The topological polar surface area (TPSA) is 79.3 Å². The van der Waals surface area contributed by atoms with Crippen LogP contribution in [0.25, 0.3) is 22.2 Å². The highest BCUT2D eigenvalue weighted by atomic mass is 19.1. The summed E-state index contributed by atoms with van der Waals surface area (Å²) in [6, 6.07) is 16.4. The molecule has 1 amide bonds. The largest absolute Gasteiger partial charge is 0.478 e. The van der Waals surface area contributed by atoms with E-state index in [2.05, 4.69) is 10.3 Å². The third-order valence-corrected chi connectivity index (χ3v) is 4.93. The fraction of sp³-hybridized carbons (Fsp3) is 0.0417. The summed E-state index contributed by atoms with van der Waals surface area (Å²) in [4.78, 5) is 28.8. The van der Waals surface area contributed by atoms with E-state index >= 15 is 0 Å². The Balaban J connectivity index is 1.85. The molecule has 0 spiro atoms. The predicted octanol–water partition coefficient (Wildman–Crippen LogP) is 5.44. The molecule has 0 saturated heterocycles. The van der Waals surface area contributed by atoms with Gasteiger partial charge < -0.3 is 10.4 Å². The number of halogens is 2. The molecule has 0 saturated carbocycles. The molecule has 0 aliphatic carbocycles. The number of anilines is 1. The SMILES string of the molecule is Cc1c(-c2ccccc2)nc2ccc(F)cc2c1C(=O)Nc1ccc(C(=O)O)cc1F. The monoisotopic (exact) mass is 418 g/mol. The van der Waals surface area contributed by atoms with Crippen LogP contribution in [-0.2, 0) is 0 Å². The molecule has 0 radical (unpaired) electrons. The number of carbonyl (C=O) groups excluding carboxylic acids is 1. The normalized spacial score (nSPS) is 10.8. The lowest BCUT2D eigenvalue weighted by molar-refractivity contribution is 0.0696. The fourth-order valence-electron chi connectivity index (χ4n) is 3.43. The zero-order valence-corrected chi connectivity index (χ0v) is 16.3. The Morgan fingerprint density at radius 1 is 0.968 bits per heavy atom. The Labute approximate surface area is 176 Å². The smallest absolute Gasteiger partial charge is 0.335 e. The van der Waals surface area contributed by atoms with Gasteiger partial charge in [-0.05, 0) is 48.9 Å². The van der Waals surface area contributed by atoms with Gasteiger partial charge in [-0.1, -0.05) is 30.3 Å². The van der Waals surface area contributed by atoms with Crippen LogP contribution in [0.1, 0.15) is 26.3 Å². The second-order valence-corrected chi connectivity index (χ2v) is 6.94. The molecule has 1 aromatic heterocycles. The Morgan fingerprint density at radius 2 is 1.71 bits per heavy atom. The van der Waals surface area contributed by atoms with E-state index in [0.717, 1.165) is 11.6 Å². The molecule has 4 rings (SSSR count). The van der Waals surface area contributed by atoms with E-state index in [1.54, 1.807) is 6.92 Å². The summed E-state index contributed by atoms with van der Waals surface area (Å²) in [7, 11) is 0. The first-order valence-corrected chi connectivity index (χ1v) is 9.34. The van der Waals surface area contributed by atoms with Gasteiger partial charge in [0.15, 0.2) is 0 Å². The van der Waals surface area contributed by atoms with Crippen molar-refractivity contribution in [3.8, 4) is 11.3 Å². The Kier molecular flexibility index (Phi) is 5.17. The van der Waals surface area contributed by atoms with E-state index in [1.165, 1.54) is 30.3 Å². The van der Waals surface area contributed by atoms with Crippen LogP contribution < -0.4 is 5.32 Å². The molecule has 0 bridgehead atoms. The third-order valence-electron chi connectivity index (χ3n) is 4.93. The minimum absolute atomic E-state index is 0.157. The van der Waals surface area contributed by atoms with Crippen molar-refractivity contribution >= 4 is 28.5 Å². The number of carboxylic acids is 1. The quantitative estimate of drug-likeness (QED) is 0.463. The van der Waals surface area contributed by atoms with Crippen LogP contribution in [0, 0.1) is 18.6 Å². The summed E-state index contributed by atoms with van der Waals surface area (Å²) in [5.41, 5.74) is 1.97. The van der Waals surface area contributed by atoms with Crippen LogP contribution in [0.2, 0.25) is 0 Å². The van der Waals surface area contributed by atoms with Gasteiger partial charge in [0.25, 0.3) is 5.91 Å². The van der Waals surface area contributed by atoms with Crippen molar-refractivity contribution in [2.75, 3.05) is 5.32 Å². The number of nitrogens with one attached hydrogen (secondary N) is 1. The number of rotatable bonds is 4. The second-order valence-electron chi connectivity index (χ2n) is 6.94. The number of carboxylic acid groups (broad SMARTS) is 1. The van der Waals surface area contributed by atoms with E-state index < -0.39 is 23.5 Å².